The van der Waals surface area contributed by atoms with Crippen molar-refractivity contribution in [2.45, 2.75) is 31.6 Å². The van der Waals surface area contributed by atoms with E-state index >= 15 is 0 Å². The van der Waals surface area contributed by atoms with Crippen molar-refractivity contribution in [1.29, 1.82) is 0 Å². The van der Waals surface area contributed by atoms with E-state index in [-0.39, 0.29) is 6.54 Å². The van der Waals surface area contributed by atoms with Crippen LogP contribution in [-0.2, 0) is 11.3 Å². The second-order valence-electron chi connectivity index (χ2n) is 6.48. The van der Waals surface area contributed by atoms with Crippen molar-refractivity contribution in [3.8, 4) is 5.69 Å². The van der Waals surface area contributed by atoms with E-state index in [9.17, 15) is 22.8 Å². The number of urea groups is 1. The van der Waals surface area contributed by atoms with Gasteiger partial charge in [0, 0.05) is 31.2 Å². The number of likely N-dealkylation sites (tertiary alicyclic amines) is 1. The predicted octanol–water partition coefficient (Wildman–Crippen LogP) is 2.22. The first-order chi connectivity index (χ1) is 13.3. The third kappa shape index (κ3) is 5.02. The number of rotatable bonds is 5. The summed E-state index contributed by atoms with van der Waals surface area (Å²) in [7, 11) is 0. The van der Waals surface area contributed by atoms with Crippen LogP contribution in [-0.4, -0.2) is 51.7 Å². The number of halogens is 3. The fourth-order valence-corrected chi connectivity index (χ4v) is 3.06. The molecule has 0 aliphatic carbocycles. The van der Waals surface area contributed by atoms with E-state index in [0.717, 1.165) is 11.3 Å². The summed E-state index contributed by atoms with van der Waals surface area (Å²) < 4.78 is 38.7. The average Bonchev–Trinajstić information content (AvgIpc) is 3.35. The zero-order valence-electron chi connectivity index (χ0n) is 14.9. The first kappa shape index (κ1) is 19.7. The highest BCUT2D eigenvalue weighted by Crippen LogP contribution is 2.19. The number of hydrogen-bond acceptors (Lipinski definition) is 3. The molecule has 3 amide bonds. The molecule has 1 atom stereocenters. The molecule has 10 heteroatoms. The van der Waals surface area contributed by atoms with Gasteiger partial charge in [-0.1, -0.05) is 12.1 Å². The minimum atomic E-state index is -4.48. The molecule has 150 valence electrons. The van der Waals surface area contributed by atoms with Crippen molar-refractivity contribution >= 4 is 11.9 Å². The van der Waals surface area contributed by atoms with Crippen LogP contribution in [0.5, 0.6) is 0 Å². The van der Waals surface area contributed by atoms with Gasteiger partial charge in [-0.15, -0.1) is 0 Å². The molecule has 1 aromatic heterocycles. The normalized spacial score (nSPS) is 16.8. The van der Waals surface area contributed by atoms with Crippen LogP contribution >= 0.6 is 0 Å². The number of alkyl halides is 3. The summed E-state index contributed by atoms with van der Waals surface area (Å²) >= 11 is 0. The molecule has 0 unspecified atom stereocenters. The first-order valence-electron chi connectivity index (χ1n) is 8.80. The van der Waals surface area contributed by atoms with Gasteiger partial charge in [0.2, 0.25) is 5.91 Å². The van der Waals surface area contributed by atoms with Gasteiger partial charge in [0.05, 0.1) is 6.33 Å². The van der Waals surface area contributed by atoms with Crippen molar-refractivity contribution < 1.29 is 22.8 Å². The van der Waals surface area contributed by atoms with Gasteiger partial charge in [0.15, 0.2) is 0 Å². The van der Waals surface area contributed by atoms with Crippen LogP contribution in [0, 0.1) is 0 Å². The topological polar surface area (TPSA) is 79.3 Å². The quantitative estimate of drug-likeness (QED) is 0.815. The van der Waals surface area contributed by atoms with Crippen molar-refractivity contribution in [3.63, 3.8) is 0 Å². The van der Waals surface area contributed by atoms with Gasteiger partial charge in [0.1, 0.15) is 12.6 Å². The van der Waals surface area contributed by atoms with E-state index in [1.807, 2.05) is 40.3 Å². The van der Waals surface area contributed by atoms with Crippen LogP contribution in [0.3, 0.4) is 0 Å². The number of carbonyl (C=O) groups excluding carboxylic acids is 2. The molecule has 0 spiro atoms. The van der Waals surface area contributed by atoms with Crippen LogP contribution in [0.1, 0.15) is 18.4 Å². The summed E-state index contributed by atoms with van der Waals surface area (Å²) in [6.45, 7) is -0.826. The zero-order valence-corrected chi connectivity index (χ0v) is 14.9. The number of benzene rings is 1. The number of imidazole rings is 1. The number of aromatic nitrogens is 2. The number of hydrogen-bond donors (Lipinski definition) is 2. The van der Waals surface area contributed by atoms with E-state index in [0.29, 0.717) is 19.4 Å². The van der Waals surface area contributed by atoms with Gasteiger partial charge in [-0.3, -0.25) is 4.79 Å². The maximum absolute atomic E-state index is 12.4. The Morgan fingerprint density at radius 3 is 2.57 bits per heavy atom. The minimum Gasteiger partial charge on any atom is -0.345 e. The highest BCUT2D eigenvalue weighted by Gasteiger charge is 2.36. The second kappa shape index (κ2) is 8.32. The number of nitrogens with one attached hydrogen (secondary N) is 2. The van der Waals surface area contributed by atoms with E-state index in [1.165, 1.54) is 4.90 Å². The van der Waals surface area contributed by atoms with Crippen molar-refractivity contribution in [2.75, 3.05) is 13.1 Å². The highest BCUT2D eigenvalue weighted by molar-refractivity contribution is 5.87. The molecule has 1 fully saturated rings. The fraction of sp³-hybridized carbons (Fsp3) is 0.389. The lowest BCUT2D eigenvalue weighted by Crippen LogP contribution is -2.50. The molecule has 0 saturated carbocycles. The van der Waals surface area contributed by atoms with E-state index < -0.39 is 30.7 Å². The van der Waals surface area contributed by atoms with Gasteiger partial charge < -0.3 is 20.1 Å². The molecule has 3 rings (SSSR count). The summed E-state index contributed by atoms with van der Waals surface area (Å²) in [6, 6.07) is 6.12. The van der Waals surface area contributed by atoms with Gasteiger partial charge in [-0.05, 0) is 30.5 Å². The Kier molecular flexibility index (Phi) is 5.86. The summed E-state index contributed by atoms with van der Waals surface area (Å²) in [5.74, 6) is -0.783. The van der Waals surface area contributed by atoms with Crippen molar-refractivity contribution in [2.24, 2.45) is 0 Å². The van der Waals surface area contributed by atoms with Gasteiger partial charge in [0.25, 0.3) is 0 Å². The summed E-state index contributed by atoms with van der Waals surface area (Å²) in [5.41, 5.74) is 1.78. The SMILES string of the molecule is O=C(NCC(F)(F)F)[C@@H]1CCCN1C(=O)NCc1ccc(-n2ccnc2)cc1. The molecule has 7 nitrogen and oxygen atoms in total. The van der Waals surface area contributed by atoms with Gasteiger partial charge >= 0.3 is 12.2 Å². The monoisotopic (exact) mass is 395 g/mol. The van der Waals surface area contributed by atoms with E-state index in [4.69, 9.17) is 0 Å². The lowest BCUT2D eigenvalue weighted by Gasteiger charge is -2.24. The Morgan fingerprint density at radius 1 is 1.18 bits per heavy atom. The van der Waals surface area contributed by atoms with Gasteiger partial charge in [-0.25, -0.2) is 9.78 Å². The first-order valence-corrected chi connectivity index (χ1v) is 8.80. The molecule has 1 saturated heterocycles. The highest BCUT2D eigenvalue weighted by atomic mass is 19.4. The van der Waals surface area contributed by atoms with Crippen LogP contribution < -0.4 is 10.6 Å². The largest absolute Gasteiger partial charge is 0.405 e. The molecular weight excluding hydrogens is 375 g/mol. The molecule has 2 N–H and O–H groups in total. The number of carbonyl (C=O) groups is 2. The molecule has 0 radical (unpaired) electrons. The third-order valence-electron chi connectivity index (χ3n) is 4.46. The summed E-state index contributed by atoms with van der Waals surface area (Å²) in [6.07, 6.45) is 1.59. The molecule has 1 aromatic carbocycles. The molecule has 1 aliphatic heterocycles. The van der Waals surface area contributed by atoms with Crippen LogP contribution in [0.2, 0.25) is 0 Å². The summed E-state index contributed by atoms with van der Waals surface area (Å²) in [5, 5.41) is 4.57. The number of nitrogens with zero attached hydrogens (tertiary/aromatic N) is 3. The predicted molar refractivity (Wildman–Crippen MR) is 94.6 cm³/mol. The zero-order chi connectivity index (χ0) is 20.1. The Balaban J connectivity index is 1.53. The fourth-order valence-electron chi connectivity index (χ4n) is 3.06. The molecular formula is C18H20F3N5O2. The molecule has 0 bridgehead atoms. The van der Waals surface area contributed by atoms with E-state index in [2.05, 4.69) is 10.3 Å². The Labute approximate surface area is 159 Å². The maximum atomic E-state index is 12.4. The standard InChI is InChI=1S/C18H20F3N5O2/c19-18(20,21)11-24-16(27)15-2-1-8-26(15)17(28)23-10-13-3-5-14(6-4-13)25-9-7-22-12-25/h3-7,9,12,15H,1-2,8,10-11H2,(H,23,28)(H,24,27)/t15-/m0/s1. The van der Waals surface area contributed by atoms with Crippen LogP contribution in [0.15, 0.2) is 43.0 Å². The summed E-state index contributed by atoms with van der Waals surface area (Å²) in [4.78, 5) is 29.6. The lowest BCUT2D eigenvalue weighted by molar-refractivity contribution is -0.140. The molecule has 2 heterocycles. The maximum Gasteiger partial charge on any atom is 0.405 e. The Morgan fingerprint density at radius 2 is 1.93 bits per heavy atom. The molecule has 2 aromatic rings. The molecule has 1 aliphatic rings. The lowest BCUT2D eigenvalue weighted by atomic mass is 10.2. The number of amides is 3. The van der Waals surface area contributed by atoms with E-state index in [1.54, 1.807) is 12.5 Å². The second-order valence-corrected chi connectivity index (χ2v) is 6.48. The molecule has 28 heavy (non-hydrogen) atoms. The third-order valence-corrected chi connectivity index (χ3v) is 4.46. The van der Waals surface area contributed by atoms with Crippen LogP contribution in [0.25, 0.3) is 5.69 Å². The average molecular weight is 395 g/mol. The smallest absolute Gasteiger partial charge is 0.345 e. The van der Waals surface area contributed by atoms with Crippen molar-refractivity contribution in [1.82, 2.24) is 25.1 Å². The Hall–Kier alpha value is -3.04. The van der Waals surface area contributed by atoms with Gasteiger partial charge in [-0.2, -0.15) is 13.2 Å². The van der Waals surface area contributed by atoms with Crippen LogP contribution in [0.4, 0.5) is 18.0 Å². The minimum absolute atomic E-state index is 0.246. The van der Waals surface area contributed by atoms with Crippen molar-refractivity contribution in [3.05, 3.63) is 48.5 Å². The Bertz CT molecular complexity index is 806.